The summed E-state index contributed by atoms with van der Waals surface area (Å²) in [6.45, 7) is 1.10. The Bertz CT molecular complexity index is 867. The number of hydrogen-bond donors (Lipinski definition) is 0. The van der Waals surface area contributed by atoms with E-state index in [9.17, 15) is 14.4 Å². The highest BCUT2D eigenvalue weighted by molar-refractivity contribution is 6.02. The average Bonchev–Trinajstić information content (AvgIpc) is 2.62. The van der Waals surface area contributed by atoms with E-state index < -0.39 is 5.97 Å². The van der Waals surface area contributed by atoms with Gasteiger partial charge in [0.25, 0.3) is 11.5 Å². The predicted molar refractivity (Wildman–Crippen MR) is 96.9 cm³/mol. The van der Waals surface area contributed by atoms with Gasteiger partial charge >= 0.3 is 5.97 Å². The molecule has 1 fully saturated rings. The van der Waals surface area contributed by atoms with E-state index in [1.807, 2.05) is 0 Å². The molecule has 1 saturated heterocycles. The summed E-state index contributed by atoms with van der Waals surface area (Å²) in [5.41, 5.74) is -0.239. The van der Waals surface area contributed by atoms with Crippen LogP contribution in [0.2, 0.25) is 0 Å². The lowest BCUT2D eigenvalue weighted by molar-refractivity contribution is -0.134. The number of hydrogen-bond acceptors (Lipinski definition) is 5. The first-order valence-electron chi connectivity index (χ1n) is 8.99. The van der Waals surface area contributed by atoms with Crippen LogP contribution >= 0.6 is 0 Å². The van der Waals surface area contributed by atoms with E-state index in [1.165, 1.54) is 13.5 Å². The molecule has 0 atom stereocenters. The fraction of sp³-hybridized carbons (Fsp3) is 0.474. The average molecular weight is 357 g/mol. The normalized spacial score (nSPS) is 15.3. The summed E-state index contributed by atoms with van der Waals surface area (Å²) in [7, 11) is 1.48. The Hall–Kier alpha value is -2.70. The Balaban J connectivity index is 1.72. The van der Waals surface area contributed by atoms with Crippen LogP contribution in [0.1, 0.15) is 42.6 Å². The molecule has 7 heteroatoms. The molecule has 26 heavy (non-hydrogen) atoms. The Morgan fingerprint density at radius 2 is 1.65 bits per heavy atom. The largest absolute Gasteiger partial charge is 0.451 e. The third-order valence-electron chi connectivity index (χ3n) is 4.69. The number of esters is 1. The van der Waals surface area contributed by atoms with Crippen LogP contribution in [0.15, 0.2) is 29.1 Å². The van der Waals surface area contributed by atoms with Gasteiger partial charge in [0, 0.05) is 25.5 Å². The third-order valence-corrected chi connectivity index (χ3v) is 4.69. The number of carbonyl (C=O) groups is 2. The van der Waals surface area contributed by atoms with E-state index in [2.05, 4.69) is 5.10 Å². The zero-order valence-corrected chi connectivity index (χ0v) is 14.9. The number of nitrogens with zero attached hydrogens (tertiary/aromatic N) is 3. The van der Waals surface area contributed by atoms with E-state index in [1.54, 1.807) is 29.2 Å². The molecule has 0 aliphatic carbocycles. The summed E-state index contributed by atoms with van der Waals surface area (Å²) in [6, 6.07) is 6.75. The molecule has 7 nitrogen and oxygen atoms in total. The molecule has 138 valence electrons. The molecule has 1 aromatic heterocycles. The predicted octanol–water partition coefficient (Wildman–Crippen LogP) is 1.88. The molecule has 0 unspecified atom stereocenters. The number of fused-ring (bicyclic) bond motifs is 1. The molecule has 0 bridgehead atoms. The van der Waals surface area contributed by atoms with Gasteiger partial charge in [0.1, 0.15) is 0 Å². The Morgan fingerprint density at radius 1 is 1.04 bits per heavy atom. The fourth-order valence-electron chi connectivity index (χ4n) is 3.23. The highest BCUT2D eigenvalue weighted by Crippen LogP contribution is 2.14. The molecular weight excluding hydrogens is 334 g/mol. The van der Waals surface area contributed by atoms with Crippen molar-refractivity contribution in [3.63, 3.8) is 0 Å². The zero-order chi connectivity index (χ0) is 18.5. The third kappa shape index (κ3) is 3.92. The van der Waals surface area contributed by atoms with Gasteiger partial charge in [-0.15, -0.1) is 0 Å². The first kappa shape index (κ1) is 18.1. The lowest BCUT2D eigenvalue weighted by Crippen LogP contribution is -2.37. The smallest absolute Gasteiger partial charge is 0.359 e. The quantitative estimate of drug-likeness (QED) is 0.784. The molecule has 0 saturated carbocycles. The topological polar surface area (TPSA) is 81.5 Å². The fourth-order valence-corrected chi connectivity index (χ4v) is 3.23. The number of rotatable bonds is 3. The summed E-state index contributed by atoms with van der Waals surface area (Å²) in [4.78, 5) is 38.7. The minimum absolute atomic E-state index is 0.0446. The van der Waals surface area contributed by atoms with E-state index in [4.69, 9.17) is 4.74 Å². The van der Waals surface area contributed by atoms with Crippen molar-refractivity contribution in [2.75, 3.05) is 19.7 Å². The Morgan fingerprint density at radius 3 is 2.35 bits per heavy atom. The second-order valence-electron chi connectivity index (χ2n) is 6.55. The van der Waals surface area contributed by atoms with Crippen LogP contribution in [-0.4, -0.2) is 46.3 Å². The van der Waals surface area contributed by atoms with Gasteiger partial charge in [0.05, 0.1) is 5.39 Å². The lowest BCUT2D eigenvalue weighted by atomic mass is 10.1. The first-order chi connectivity index (χ1) is 12.6. The summed E-state index contributed by atoms with van der Waals surface area (Å²) >= 11 is 0. The molecule has 1 aliphatic rings. The maximum atomic E-state index is 12.5. The second kappa shape index (κ2) is 8.12. The molecule has 1 aromatic carbocycles. The van der Waals surface area contributed by atoms with Crippen LogP contribution < -0.4 is 5.56 Å². The SMILES string of the molecule is Cn1nc(C(=O)OCC(=O)N2CCCCCCC2)c2ccccc2c1=O. The highest BCUT2D eigenvalue weighted by Gasteiger charge is 2.20. The van der Waals surface area contributed by atoms with Gasteiger partial charge < -0.3 is 9.64 Å². The molecule has 0 spiro atoms. The van der Waals surface area contributed by atoms with Crippen LogP contribution in [0.25, 0.3) is 10.8 Å². The van der Waals surface area contributed by atoms with Crippen molar-refractivity contribution in [2.45, 2.75) is 32.1 Å². The number of benzene rings is 1. The van der Waals surface area contributed by atoms with E-state index in [0.717, 1.165) is 30.4 Å². The van der Waals surface area contributed by atoms with Gasteiger partial charge in [-0.25, -0.2) is 9.48 Å². The summed E-state index contributed by atoms with van der Waals surface area (Å²) in [5.74, 6) is -0.883. The Kier molecular flexibility index (Phi) is 5.65. The zero-order valence-electron chi connectivity index (χ0n) is 14.9. The van der Waals surface area contributed by atoms with E-state index >= 15 is 0 Å². The molecule has 1 amide bonds. The summed E-state index contributed by atoms with van der Waals surface area (Å²) in [6.07, 6.45) is 5.41. The van der Waals surface area contributed by atoms with Crippen LogP contribution in [0.5, 0.6) is 0 Å². The van der Waals surface area contributed by atoms with Crippen molar-refractivity contribution >= 4 is 22.6 Å². The summed E-state index contributed by atoms with van der Waals surface area (Å²) in [5, 5.41) is 4.85. The standard InChI is InChI=1S/C19H23N3O4/c1-21-18(24)15-10-6-5-9-14(15)17(20-21)19(25)26-13-16(23)22-11-7-3-2-4-8-12-22/h5-6,9-10H,2-4,7-8,11-13H2,1H3. The number of ether oxygens (including phenoxy) is 1. The number of carbonyl (C=O) groups excluding carboxylic acids is 2. The monoisotopic (exact) mass is 357 g/mol. The number of likely N-dealkylation sites (tertiary alicyclic amines) is 1. The van der Waals surface area contributed by atoms with Gasteiger partial charge in [-0.3, -0.25) is 9.59 Å². The minimum atomic E-state index is -0.697. The molecule has 2 heterocycles. The molecular formula is C19H23N3O4. The lowest BCUT2D eigenvalue weighted by Gasteiger charge is -2.24. The van der Waals surface area contributed by atoms with E-state index in [0.29, 0.717) is 23.9 Å². The highest BCUT2D eigenvalue weighted by atomic mass is 16.5. The van der Waals surface area contributed by atoms with Crippen molar-refractivity contribution in [1.82, 2.24) is 14.7 Å². The number of amides is 1. The van der Waals surface area contributed by atoms with Gasteiger partial charge in [0.15, 0.2) is 12.3 Å². The maximum Gasteiger partial charge on any atom is 0.359 e. The molecule has 1 aliphatic heterocycles. The van der Waals surface area contributed by atoms with Crippen LogP contribution in [0, 0.1) is 0 Å². The number of aryl methyl sites for hydroxylation is 1. The van der Waals surface area contributed by atoms with Crippen molar-refractivity contribution in [2.24, 2.45) is 7.05 Å². The van der Waals surface area contributed by atoms with E-state index in [-0.39, 0.29) is 23.8 Å². The molecule has 2 aromatic rings. The van der Waals surface area contributed by atoms with Crippen molar-refractivity contribution in [3.05, 3.63) is 40.3 Å². The van der Waals surface area contributed by atoms with Gasteiger partial charge in [-0.2, -0.15) is 5.10 Å². The maximum absolute atomic E-state index is 12.5. The first-order valence-corrected chi connectivity index (χ1v) is 8.99. The number of aromatic nitrogens is 2. The second-order valence-corrected chi connectivity index (χ2v) is 6.55. The van der Waals surface area contributed by atoms with Gasteiger partial charge in [0.2, 0.25) is 0 Å². The van der Waals surface area contributed by atoms with Crippen LogP contribution in [0.4, 0.5) is 0 Å². The van der Waals surface area contributed by atoms with Crippen molar-refractivity contribution in [3.8, 4) is 0 Å². The van der Waals surface area contributed by atoms with Crippen LogP contribution in [0.3, 0.4) is 0 Å². The minimum Gasteiger partial charge on any atom is -0.451 e. The van der Waals surface area contributed by atoms with Crippen LogP contribution in [-0.2, 0) is 16.6 Å². The van der Waals surface area contributed by atoms with Gasteiger partial charge in [-0.05, 0) is 18.9 Å². The molecule has 0 radical (unpaired) electrons. The molecule has 3 rings (SSSR count). The van der Waals surface area contributed by atoms with Gasteiger partial charge in [-0.1, -0.05) is 37.5 Å². The van der Waals surface area contributed by atoms with Crippen molar-refractivity contribution in [1.29, 1.82) is 0 Å². The summed E-state index contributed by atoms with van der Waals surface area (Å²) < 4.78 is 6.32. The Labute approximate surface area is 151 Å². The van der Waals surface area contributed by atoms with Crippen molar-refractivity contribution < 1.29 is 14.3 Å². The molecule has 0 N–H and O–H groups in total.